The molecule has 1 aromatic heterocycles. The van der Waals surface area contributed by atoms with Crippen LogP contribution in [-0.2, 0) is 17.9 Å². The molecular weight excluding hydrogens is 514 g/mol. The summed E-state index contributed by atoms with van der Waals surface area (Å²) in [7, 11) is 0. The number of aliphatic imine (C=N–C) groups is 1. The topological polar surface area (TPSA) is 148 Å². The summed E-state index contributed by atoms with van der Waals surface area (Å²) in [5.41, 5.74) is 14.4. The first-order chi connectivity index (χ1) is 19.9. The van der Waals surface area contributed by atoms with E-state index in [9.17, 15) is 9.59 Å². The highest BCUT2D eigenvalue weighted by molar-refractivity contribution is 5.97. The second-order valence-electron chi connectivity index (χ2n) is 9.90. The summed E-state index contributed by atoms with van der Waals surface area (Å²) >= 11 is 0. The number of nitrogens with zero attached hydrogens (tertiary/aromatic N) is 2. The van der Waals surface area contributed by atoms with E-state index in [1.807, 2.05) is 79.7 Å². The van der Waals surface area contributed by atoms with Gasteiger partial charge in [0, 0.05) is 31.4 Å². The summed E-state index contributed by atoms with van der Waals surface area (Å²) in [6.45, 7) is 3.59. The van der Waals surface area contributed by atoms with Crippen LogP contribution in [0, 0.1) is 0 Å². The molecule has 4 rings (SSSR count). The lowest BCUT2D eigenvalue weighted by atomic mass is 9.99. The van der Waals surface area contributed by atoms with Gasteiger partial charge in [-0.05, 0) is 65.9 Å². The van der Waals surface area contributed by atoms with E-state index in [0.29, 0.717) is 38.0 Å². The summed E-state index contributed by atoms with van der Waals surface area (Å²) in [4.78, 5) is 34.9. The number of nitrogens with one attached hydrogen (secondary N) is 3. The molecule has 0 saturated carbocycles. The van der Waals surface area contributed by atoms with Crippen LogP contribution in [-0.4, -0.2) is 35.3 Å². The molecule has 9 nitrogen and oxygen atoms in total. The molecule has 0 bridgehead atoms. The quantitative estimate of drug-likeness (QED) is 0.0975. The van der Waals surface area contributed by atoms with Crippen LogP contribution in [0.3, 0.4) is 0 Å². The van der Waals surface area contributed by atoms with Crippen LogP contribution in [0.4, 0.5) is 0 Å². The van der Waals surface area contributed by atoms with Crippen molar-refractivity contribution in [3.63, 3.8) is 0 Å². The van der Waals surface area contributed by atoms with Gasteiger partial charge in [-0.25, -0.2) is 0 Å². The Hall–Kier alpha value is -4.76. The maximum absolute atomic E-state index is 13.4. The van der Waals surface area contributed by atoms with Gasteiger partial charge in [0.1, 0.15) is 6.04 Å². The molecule has 212 valence electrons. The van der Waals surface area contributed by atoms with Crippen molar-refractivity contribution < 1.29 is 9.59 Å². The molecule has 4 aromatic rings. The van der Waals surface area contributed by atoms with Crippen LogP contribution in [0.2, 0.25) is 0 Å². The van der Waals surface area contributed by atoms with E-state index in [4.69, 9.17) is 11.5 Å². The van der Waals surface area contributed by atoms with Crippen LogP contribution in [0.25, 0.3) is 10.8 Å². The van der Waals surface area contributed by atoms with Gasteiger partial charge in [-0.1, -0.05) is 60.7 Å². The Balaban J connectivity index is 1.39. The van der Waals surface area contributed by atoms with Crippen molar-refractivity contribution in [1.29, 1.82) is 0 Å². The Morgan fingerprint density at radius 1 is 0.878 bits per heavy atom. The summed E-state index contributed by atoms with van der Waals surface area (Å²) in [5.74, 6) is -0.592. The fourth-order valence-corrected chi connectivity index (χ4v) is 4.65. The van der Waals surface area contributed by atoms with Crippen molar-refractivity contribution in [2.45, 2.75) is 44.9 Å². The van der Waals surface area contributed by atoms with Gasteiger partial charge < -0.3 is 27.4 Å². The van der Waals surface area contributed by atoms with Gasteiger partial charge in [-0.3, -0.25) is 19.6 Å². The Kier molecular flexibility index (Phi) is 10.4. The number of benzene rings is 3. The number of pyridine rings is 1. The monoisotopic (exact) mass is 551 g/mol. The van der Waals surface area contributed by atoms with Gasteiger partial charge in [-0.2, -0.15) is 0 Å². The van der Waals surface area contributed by atoms with Gasteiger partial charge in [-0.15, -0.1) is 0 Å². The zero-order chi connectivity index (χ0) is 29.0. The van der Waals surface area contributed by atoms with Crippen LogP contribution >= 0.6 is 0 Å². The molecule has 0 aliphatic rings. The third-order valence-electron chi connectivity index (χ3n) is 6.79. The predicted octanol–water partition coefficient (Wildman–Crippen LogP) is 3.55. The SMILES string of the molecule is C[C@H](NC(=O)C(CCCN=C(N)N)NC(=O)c1ccc(CNCc2ccccn2)cc1)c1cccc2ccccc12. The highest BCUT2D eigenvalue weighted by atomic mass is 16.2. The first-order valence-electron chi connectivity index (χ1n) is 13.7. The zero-order valence-corrected chi connectivity index (χ0v) is 23.2. The van der Waals surface area contributed by atoms with Crippen molar-refractivity contribution in [2.24, 2.45) is 16.5 Å². The van der Waals surface area contributed by atoms with Gasteiger partial charge >= 0.3 is 0 Å². The maximum Gasteiger partial charge on any atom is 0.251 e. The number of hydrogen-bond donors (Lipinski definition) is 5. The molecule has 0 aliphatic carbocycles. The van der Waals surface area contributed by atoms with Gasteiger partial charge in [0.05, 0.1) is 11.7 Å². The average Bonchev–Trinajstić information content (AvgIpc) is 2.99. The normalized spacial score (nSPS) is 12.3. The van der Waals surface area contributed by atoms with Gasteiger partial charge in [0.2, 0.25) is 5.91 Å². The largest absolute Gasteiger partial charge is 0.370 e. The molecule has 41 heavy (non-hydrogen) atoms. The minimum absolute atomic E-state index is 0.00535. The molecule has 2 atom stereocenters. The minimum atomic E-state index is -0.756. The van der Waals surface area contributed by atoms with E-state index in [1.165, 1.54) is 0 Å². The first kappa shape index (κ1) is 29.2. The molecule has 0 spiro atoms. The Morgan fingerprint density at radius 3 is 2.39 bits per heavy atom. The van der Waals surface area contributed by atoms with Crippen molar-refractivity contribution in [3.8, 4) is 0 Å². The van der Waals surface area contributed by atoms with E-state index in [0.717, 1.165) is 27.6 Å². The molecule has 0 radical (unpaired) electrons. The number of hydrogen-bond acceptors (Lipinski definition) is 5. The lowest BCUT2D eigenvalue weighted by Gasteiger charge is -2.22. The minimum Gasteiger partial charge on any atom is -0.370 e. The Morgan fingerprint density at radius 2 is 1.63 bits per heavy atom. The summed E-state index contributed by atoms with van der Waals surface area (Å²) in [5, 5.41) is 11.5. The van der Waals surface area contributed by atoms with Gasteiger partial charge in [0.25, 0.3) is 5.91 Å². The highest BCUT2D eigenvalue weighted by Gasteiger charge is 2.23. The standard InChI is InChI=1S/C32H37N7O2/c1-22(27-12-6-9-24-8-2-3-11-28(24)27)38-31(41)29(13-7-19-37-32(33)34)39-30(40)25-16-14-23(15-17-25)20-35-21-26-10-4-5-18-36-26/h2-6,8-12,14-18,22,29,35H,7,13,19-21H2,1H3,(H,38,41)(H,39,40)(H4,33,34,37)/t22-,29?/m0/s1. The molecule has 0 saturated heterocycles. The molecule has 0 aliphatic heterocycles. The van der Waals surface area contributed by atoms with Crippen LogP contribution in [0.5, 0.6) is 0 Å². The highest BCUT2D eigenvalue weighted by Crippen LogP contribution is 2.24. The van der Waals surface area contributed by atoms with E-state index >= 15 is 0 Å². The lowest BCUT2D eigenvalue weighted by Crippen LogP contribution is -2.47. The number of aromatic nitrogens is 1. The fourth-order valence-electron chi connectivity index (χ4n) is 4.65. The average molecular weight is 552 g/mol. The van der Waals surface area contributed by atoms with Gasteiger partial charge in [0.15, 0.2) is 5.96 Å². The molecule has 1 heterocycles. The molecule has 7 N–H and O–H groups in total. The van der Waals surface area contributed by atoms with Crippen LogP contribution in [0.1, 0.15) is 53.0 Å². The molecule has 0 fully saturated rings. The fraction of sp³-hybridized carbons (Fsp3) is 0.250. The summed E-state index contributed by atoms with van der Waals surface area (Å²) in [6.07, 6.45) is 2.68. The number of nitrogens with two attached hydrogens (primary N) is 2. The lowest BCUT2D eigenvalue weighted by molar-refractivity contribution is -0.123. The third kappa shape index (κ3) is 8.61. The van der Waals surface area contributed by atoms with E-state index in [1.54, 1.807) is 18.3 Å². The number of rotatable bonds is 13. The van der Waals surface area contributed by atoms with Crippen molar-refractivity contribution in [1.82, 2.24) is 20.9 Å². The first-order valence-corrected chi connectivity index (χ1v) is 13.7. The van der Waals surface area contributed by atoms with Crippen molar-refractivity contribution in [3.05, 3.63) is 114 Å². The van der Waals surface area contributed by atoms with Crippen molar-refractivity contribution >= 4 is 28.5 Å². The van der Waals surface area contributed by atoms with E-state index in [2.05, 4.69) is 25.9 Å². The molecule has 9 heteroatoms. The number of carbonyl (C=O) groups is 2. The van der Waals surface area contributed by atoms with Crippen LogP contribution < -0.4 is 27.4 Å². The van der Waals surface area contributed by atoms with Crippen LogP contribution in [0.15, 0.2) is 96.1 Å². The maximum atomic E-state index is 13.4. The number of carbonyl (C=O) groups excluding carboxylic acids is 2. The second kappa shape index (κ2) is 14.6. The Bertz CT molecular complexity index is 1460. The summed E-state index contributed by atoms with van der Waals surface area (Å²) in [6, 6.07) is 26.2. The second-order valence-corrected chi connectivity index (χ2v) is 9.90. The Labute approximate surface area is 240 Å². The number of fused-ring (bicyclic) bond motifs is 1. The zero-order valence-electron chi connectivity index (χ0n) is 23.2. The smallest absolute Gasteiger partial charge is 0.251 e. The van der Waals surface area contributed by atoms with Crippen molar-refractivity contribution in [2.75, 3.05) is 6.54 Å². The molecule has 3 aromatic carbocycles. The van der Waals surface area contributed by atoms with E-state index in [-0.39, 0.29) is 23.8 Å². The van der Waals surface area contributed by atoms with E-state index < -0.39 is 6.04 Å². The predicted molar refractivity (Wildman–Crippen MR) is 163 cm³/mol. The molecule has 1 unspecified atom stereocenters. The molecular formula is C32H37N7O2. The third-order valence-corrected chi connectivity index (χ3v) is 6.79. The molecule has 2 amide bonds. The summed E-state index contributed by atoms with van der Waals surface area (Å²) < 4.78 is 0. The number of amides is 2. The number of guanidine groups is 1.